The molecule has 0 radical (unpaired) electrons. The normalized spacial score (nSPS) is 10.5. The lowest BCUT2D eigenvalue weighted by Gasteiger charge is -2.06. The summed E-state index contributed by atoms with van der Waals surface area (Å²) >= 11 is 1.35. The van der Waals surface area contributed by atoms with Crippen LogP contribution < -0.4 is 14.8 Å². The van der Waals surface area contributed by atoms with Gasteiger partial charge in [-0.05, 0) is 50.1 Å². The molecule has 0 unspecified atom stereocenters. The van der Waals surface area contributed by atoms with Gasteiger partial charge in [0.1, 0.15) is 28.0 Å². The minimum atomic E-state index is -0.110. The number of hydrogen-bond acceptors (Lipinski definition) is 6. The van der Waals surface area contributed by atoms with E-state index in [0.29, 0.717) is 29.5 Å². The highest BCUT2D eigenvalue weighted by molar-refractivity contribution is 7.13. The van der Waals surface area contributed by atoms with Crippen LogP contribution in [0.5, 0.6) is 11.5 Å². The highest BCUT2D eigenvalue weighted by Crippen LogP contribution is 2.20. The third-order valence-corrected chi connectivity index (χ3v) is 5.26. The van der Waals surface area contributed by atoms with Crippen LogP contribution in [0.1, 0.15) is 31.6 Å². The summed E-state index contributed by atoms with van der Waals surface area (Å²) in [7, 11) is 1.64. The Morgan fingerprint density at radius 3 is 2.79 bits per heavy atom. The second-order valence-corrected chi connectivity index (χ2v) is 7.39. The van der Waals surface area contributed by atoms with E-state index in [-0.39, 0.29) is 5.91 Å². The number of hydrogen-bond donors (Lipinski definition) is 1. The summed E-state index contributed by atoms with van der Waals surface area (Å²) in [5, 5.41) is 3.72. The van der Waals surface area contributed by atoms with E-state index >= 15 is 0 Å². The van der Waals surface area contributed by atoms with Crippen LogP contribution in [0.3, 0.4) is 0 Å². The van der Waals surface area contributed by atoms with Crippen molar-refractivity contribution >= 4 is 17.2 Å². The second kappa shape index (κ2) is 9.32. The fourth-order valence-electron chi connectivity index (χ4n) is 2.64. The molecular formula is C21H23N3O3S. The summed E-state index contributed by atoms with van der Waals surface area (Å²) in [5.74, 6) is 1.39. The molecule has 3 rings (SSSR count). The average molecular weight is 398 g/mol. The highest BCUT2D eigenvalue weighted by Gasteiger charge is 2.15. The summed E-state index contributed by atoms with van der Waals surface area (Å²) in [4.78, 5) is 21.8. The topological polar surface area (TPSA) is 73.3 Å². The van der Waals surface area contributed by atoms with E-state index in [4.69, 9.17) is 9.47 Å². The molecule has 0 aliphatic heterocycles. The van der Waals surface area contributed by atoms with Crippen LogP contribution in [0.15, 0.2) is 42.6 Å². The Labute approximate surface area is 168 Å². The van der Waals surface area contributed by atoms with Crippen LogP contribution in [-0.2, 0) is 13.0 Å². The van der Waals surface area contributed by atoms with Gasteiger partial charge in [0.2, 0.25) is 0 Å². The molecular weight excluding hydrogens is 374 g/mol. The van der Waals surface area contributed by atoms with E-state index < -0.39 is 0 Å². The molecule has 1 amide bonds. The first-order chi connectivity index (χ1) is 13.5. The van der Waals surface area contributed by atoms with Gasteiger partial charge in [-0.2, -0.15) is 0 Å². The number of nitrogens with zero attached hydrogens (tertiary/aromatic N) is 2. The van der Waals surface area contributed by atoms with Crippen molar-refractivity contribution in [3.63, 3.8) is 0 Å². The largest absolute Gasteiger partial charge is 0.497 e. The number of amides is 1. The van der Waals surface area contributed by atoms with Gasteiger partial charge in [0.15, 0.2) is 0 Å². The first-order valence-electron chi connectivity index (χ1n) is 8.98. The molecule has 0 aliphatic carbocycles. The molecule has 146 valence electrons. The smallest absolute Gasteiger partial charge is 0.263 e. The van der Waals surface area contributed by atoms with Crippen LogP contribution in [0.2, 0.25) is 0 Å². The molecule has 28 heavy (non-hydrogen) atoms. The number of methoxy groups -OCH3 is 1. The first-order valence-corrected chi connectivity index (χ1v) is 9.79. The molecule has 2 aromatic heterocycles. The molecule has 0 fully saturated rings. The molecule has 0 aliphatic rings. The predicted octanol–water partition coefficient (Wildman–Crippen LogP) is 3.72. The van der Waals surface area contributed by atoms with Crippen LogP contribution in [0, 0.1) is 13.8 Å². The second-order valence-electron chi connectivity index (χ2n) is 6.30. The highest BCUT2D eigenvalue weighted by atomic mass is 32.1. The molecule has 1 aromatic carbocycles. The molecule has 3 aromatic rings. The van der Waals surface area contributed by atoms with E-state index in [2.05, 4.69) is 15.3 Å². The molecule has 0 atom stereocenters. The standard InChI is InChI=1S/C21H23N3O3S/c1-14-7-8-18(12-23-14)27-13-19-24-15(2)20(28-19)21(25)22-10-9-16-5-4-6-17(11-16)26-3/h4-8,11-12H,9-10,13H2,1-3H3,(H,22,25). The monoisotopic (exact) mass is 397 g/mol. The van der Waals surface area contributed by atoms with Gasteiger partial charge >= 0.3 is 0 Å². The SMILES string of the molecule is COc1cccc(CCNC(=O)c2sc(COc3ccc(C)nc3)nc2C)c1. The summed E-state index contributed by atoms with van der Waals surface area (Å²) in [6.45, 7) is 4.62. The summed E-state index contributed by atoms with van der Waals surface area (Å²) in [6.07, 6.45) is 2.42. The molecule has 7 heteroatoms. The predicted molar refractivity (Wildman–Crippen MR) is 109 cm³/mol. The minimum Gasteiger partial charge on any atom is -0.497 e. The van der Waals surface area contributed by atoms with Crippen molar-refractivity contribution < 1.29 is 14.3 Å². The zero-order valence-corrected chi connectivity index (χ0v) is 17.0. The lowest BCUT2D eigenvalue weighted by Crippen LogP contribution is -2.25. The third kappa shape index (κ3) is 5.29. The number of ether oxygens (including phenoxy) is 2. The molecule has 6 nitrogen and oxygen atoms in total. The van der Waals surface area contributed by atoms with Gasteiger partial charge in [-0.25, -0.2) is 4.98 Å². The van der Waals surface area contributed by atoms with Gasteiger partial charge in [0, 0.05) is 12.2 Å². The summed E-state index contributed by atoms with van der Waals surface area (Å²) in [6, 6.07) is 11.6. The molecule has 1 N–H and O–H groups in total. The van der Waals surface area contributed by atoms with Gasteiger partial charge in [-0.1, -0.05) is 12.1 Å². The maximum Gasteiger partial charge on any atom is 0.263 e. The first kappa shape index (κ1) is 19.8. The number of carbonyl (C=O) groups is 1. The number of rotatable bonds is 8. The van der Waals surface area contributed by atoms with Gasteiger partial charge in [0.05, 0.1) is 19.0 Å². The maximum absolute atomic E-state index is 12.5. The van der Waals surface area contributed by atoms with Gasteiger partial charge in [-0.15, -0.1) is 11.3 Å². The minimum absolute atomic E-state index is 0.110. The molecule has 0 bridgehead atoms. The van der Waals surface area contributed by atoms with Gasteiger partial charge < -0.3 is 14.8 Å². The zero-order chi connectivity index (χ0) is 19.9. The Bertz CT molecular complexity index is 938. The van der Waals surface area contributed by atoms with Crippen LogP contribution in [0.4, 0.5) is 0 Å². The number of benzene rings is 1. The summed E-state index contributed by atoms with van der Waals surface area (Å²) in [5.41, 5.74) is 2.76. The maximum atomic E-state index is 12.5. The fourth-order valence-corrected chi connectivity index (χ4v) is 3.53. The fraction of sp³-hybridized carbons (Fsp3) is 0.286. The molecule has 0 saturated heterocycles. The van der Waals surface area contributed by atoms with E-state index in [0.717, 1.165) is 28.4 Å². The quantitative estimate of drug-likeness (QED) is 0.627. The molecule has 2 heterocycles. The van der Waals surface area contributed by atoms with Crippen LogP contribution >= 0.6 is 11.3 Å². The average Bonchev–Trinajstić information content (AvgIpc) is 3.08. The third-order valence-electron chi connectivity index (χ3n) is 4.13. The van der Waals surface area contributed by atoms with Crippen LogP contribution in [0.25, 0.3) is 0 Å². The van der Waals surface area contributed by atoms with Gasteiger partial charge in [0.25, 0.3) is 5.91 Å². The Balaban J connectivity index is 1.52. The Kier molecular flexibility index (Phi) is 6.60. The molecule has 0 spiro atoms. The number of thiazole rings is 1. The number of aromatic nitrogens is 2. The zero-order valence-electron chi connectivity index (χ0n) is 16.2. The Morgan fingerprint density at radius 1 is 1.18 bits per heavy atom. The molecule has 0 saturated carbocycles. The van der Waals surface area contributed by atoms with Crippen molar-refractivity contribution in [2.45, 2.75) is 26.9 Å². The van der Waals surface area contributed by atoms with Crippen molar-refractivity contribution in [1.29, 1.82) is 0 Å². The Morgan fingerprint density at radius 2 is 2.04 bits per heavy atom. The van der Waals surface area contributed by atoms with Gasteiger partial charge in [-0.3, -0.25) is 9.78 Å². The number of aryl methyl sites for hydroxylation is 2. The number of nitrogens with one attached hydrogen (secondary N) is 1. The van der Waals surface area contributed by atoms with E-state index in [1.807, 2.05) is 50.2 Å². The number of pyridine rings is 1. The van der Waals surface area contributed by atoms with Crippen LogP contribution in [-0.4, -0.2) is 29.5 Å². The van der Waals surface area contributed by atoms with Crippen molar-refractivity contribution in [3.8, 4) is 11.5 Å². The van der Waals surface area contributed by atoms with Crippen molar-refractivity contribution in [2.24, 2.45) is 0 Å². The van der Waals surface area contributed by atoms with Crippen molar-refractivity contribution in [1.82, 2.24) is 15.3 Å². The number of carbonyl (C=O) groups excluding carboxylic acids is 1. The van der Waals surface area contributed by atoms with E-state index in [1.54, 1.807) is 13.3 Å². The van der Waals surface area contributed by atoms with E-state index in [9.17, 15) is 4.79 Å². The van der Waals surface area contributed by atoms with Crippen molar-refractivity contribution in [2.75, 3.05) is 13.7 Å². The van der Waals surface area contributed by atoms with Crippen molar-refractivity contribution in [3.05, 3.63) is 69.4 Å². The van der Waals surface area contributed by atoms with E-state index in [1.165, 1.54) is 11.3 Å². The Hall–Kier alpha value is -2.93. The lowest BCUT2D eigenvalue weighted by atomic mass is 10.1. The lowest BCUT2D eigenvalue weighted by molar-refractivity contribution is 0.0957. The summed E-state index contributed by atoms with van der Waals surface area (Å²) < 4.78 is 10.9.